The minimum absolute atomic E-state index is 0.231. The van der Waals surface area contributed by atoms with Crippen LogP contribution in [0.15, 0.2) is 66.7 Å². The monoisotopic (exact) mass is 382 g/mol. The summed E-state index contributed by atoms with van der Waals surface area (Å²) in [5.41, 5.74) is 0.627. The predicted molar refractivity (Wildman–Crippen MR) is 101 cm³/mol. The third-order valence-corrected chi connectivity index (χ3v) is 4.34. The molecule has 1 amide bonds. The zero-order valence-corrected chi connectivity index (χ0v) is 15.1. The molecule has 27 heavy (non-hydrogen) atoms. The minimum Gasteiger partial charge on any atom is -0.550 e. The molecule has 0 spiro atoms. The minimum atomic E-state index is -1.26. The summed E-state index contributed by atoms with van der Waals surface area (Å²) < 4.78 is 5.65. The van der Waals surface area contributed by atoms with Crippen LogP contribution in [-0.4, -0.2) is 18.5 Å². The number of hydrogen-bond acceptors (Lipinski definition) is 4. The lowest BCUT2D eigenvalue weighted by Crippen LogP contribution is -2.36. The number of amides is 1. The van der Waals surface area contributed by atoms with Crippen molar-refractivity contribution in [3.8, 4) is 5.75 Å². The summed E-state index contributed by atoms with van der Waals surface area (Å²) >= 11 is 5.86. The highest BCUT2D eigenvalue weighted by molar-refractivity contribution is 6.30. The van der Waals surface area contributed by atoms with Gasteiger partial charge in [0.2, 0.25) is 0 Å². The van der Waals surface area contributed by atoms with Gasteiger partial charge in [0.05, 0.1) is 6.04 Å². The van der Waals surface area contributed by atoms with Crippen LogP contribution >= 0.6 is 11.6 Å². The average Bonchev–Trinajstić information content (AvgIpc) is 2.66. The van der Waals surface area contributed by atoms with Crippen molar-refractivity contribution in [1.29, 1.82) is 0 Å². The lowest BCUT2D eigenvalue weighted by atomic mass is 10.0. The van der Waals surface area contributed by atoms with Crippen molar-refractivity contribution < 1.29 is 19.4 Å². The zero-order valence-electron chi connectivity index (χ0n) is 14.4. The molecule has 6 heteroatoms. The van der Waals surface area contributed by atoms with Gasteiger partial charge in [-0.15, -0.1) is 0 Å². The van der Waals surface area contributed by atoms with Crippen LogP contribution in [-0.2, 0) is 9.59 Å². The standard InChI is InChI=1S/C21H18ClNO4/c22-16-10-8-15(9-11-16)18(12-21(25)26)23-20(24)13-27-19-7-3-5-14-4-1-2-6-17(14)19/h1-11,18H,12-13H2,(H,23,24)(H,25,26)/p-1. The van der Waals surface area contributed by atoms with Crippen LogP contribution in [0, 0.1) is 0 Å². The van der Waals surface area contributed by atoms with Gasteiger partial charge in [-0.25, -0.2) is 0 Å². The van der Waals surface area contributed by atoms with E-state index in [1.165, 1.54) is 0 Å². The molecule has 0 bridgehead atoms. The van der Waals surface area contributed by atoms with Gasteiger partial charge in [0, 0.05) is 22.8 Å². The maximum absolute atomic E-state index is 12.3. The molecule has 0 aliphatic carbocycles. The van der Waals surface area contributed by atoms with Crippen molar-refractivity contribution in [3.63, 3.8) is 0 Å². The summed E-state index contributed by atoms with van der Waals surface area (Å²) in [5.74, 6) is -1.10. The van der Waals surface area contributed by atoms with Crippen molar-refractivity contribution in [2.45, 2.75) is 12.5 Å². The van der Waals surface area contributed by atoms with Gasteiger partial charge >= 0.3 is 0 Å². The number of fused-ring (bicyclic) bond motifs is 1. The predicted octanol–water partition coefficient (Wildman–Crippen LogP) is 2.87. The second-order valence-corrected chi connectivity index (χ2v) is 6.45. The number of aliphatic carboxylic acids is 1. The number of rotatable bonds is 7. The maximum atomic E-state index is 12.3. The molecule has 0 radical (unpaired) electrons. The second-order valence-electron chi connectivity index (χ2n) is 6.01. The SMILES string of the molecule is O=C([O-])CC(NC(=O)COc1cccc2ccccc12)c1ccc(Cl)cc1. The molecule has 1 N–H and O–H groups in total. The number of carboxylic acid groups (broad SMARTS) is 1. The van der Waals surface area contributed by atoms with E-state index in [2.05, 4.69) is 5.32 Å². The Bertz CT molecular complexity index is 951. The molecule has 3 rings (SSSR count). The summed E-state index contributed by atoms with van der Waals surface area (Å²) in [7, 11) is 0. The van der Waals surface area contributed by atoms with Crippen molar-refractivity contribution in [2.24, 2.45) is 0 Å². The zero-order chi connectivity index (χ0) is 19.2. The summed E-state index contributed by atoms with van der Waals surface area (Å²) in [5, 5.41) is 16.1. The number of carbonyl (C=O) groups excluding carboxylic acids is 2. The first-order valence-electron chi connectivity index (χ1n) is 8.38. The Morgan fingerprint density at radius 2 is 1.70 bits per heavy atom. The summed E-state index contributed by atoms with van der Waals surface area (Å²) in [6.45, 7) is -0.231. The molecule has 0 aliphatic heterocycles. The van der Waals surface area contributed by atoms with Crippen LogP contribution in [0.25, 0.3) is 10.8 Å². The highest BCUT2D eigenvalue weighted by atomic mass is 35.5. The van der Waals surface area contributed by atoms with E-state index in [1.807, 2.05) is 36.4 Å². The Kier molecular flexibility index (Phi) is 5.94. The maximum Gasteiger partial charge on any atom is 0.258 e. The summed E-state index contributed by atoms with van der Waals surface area (Å²) in [6, 6.07) is 19.2. The van der Waals surface area contributed by atoms with E-state index in [4.69, 9.17) is 16.3 Å². The number of halogens is 1. The van der Waals surface area contributed by atoms with Crippen LogP contribution in [0.4, 0.5) is 0 Å². The molecule has 138 valence electrons. The van der Waals surface area contributed by atoms with Crippen LogP contribution in [0.3, 0.4) is 0 Å². The van der Waals surface area contributed by atoms with Crippen LogP contribution < -0.4 is 15.2 Å². The quantitative estimate of drug-likeness (QED) is 0.681. The highest BCUT2D eigenvalue weighted by Crippen LogP contribution is 2.25. The van der Waals surface area contributed by atoms with E-state index in [-0.39, 0.29) is 13.0 Å². The Morgan fingerprint density at radius 1 is 1.00 bits per heavy atom. The third-order valence-electron chi connectivity index (χ3n) is 4.09. The van der Waals surface area contributed by atoms with Gasteiger partial charge in [-0.3, -0.25) is 4.79 Å². The number of carboxylic acids is 1. The van der Waals surface area contributed by atoms with Gasteiger partial charge in [0.1, 0.15) is 5.75 Å². The lowest BCUT2D eigenvalue weighted by Gasteiger charge is -2.20. The van der Waals surface area contributed by atoms with Crippen molar-refractivity contribution in [2.75, 3.05) is 6.61 Å². The van der Waals surface area contributed by atoms with E-state index in [0.717, 1.165) is 10.8 Å². The molecule has 0 aromatic heterocycles. The van der Waals surface area contributed by atoms with Crippen molar-refractivity contribution in [3.05, 3.63) is 77.3 Å². The Hall–Kier alpha value is -3.05. The molecule has 1 atom stereocenters. The molecule has 3 aromatic carbocycles. The number of carbonyl (C=O) groups is 2. The average molecular weight is 383 g/mol. The number of nitrogens with one attached hydrogen (secondary N) is 1. The molecular formula is C21H17ClNO4-. The van der Waals surface area contributed by atoms with Gasteiger partial charge in [-0.1, -0.05) is 60.1 Å². The largest absolute Gasteiger partial charge is 0.550 e. The Morgan fingerprint density at radius 3 is 2.44 bits per heavy atom. The van der Waals surface area contributed by atoms with Gasteiger partial charge in [0.25, 0.3) is 5.91 Å². The summed E-state index contributed by atoms with van der Waals surface area (Å²) in [6.07, 6.45) is -0.346. The fourth-order valence-corrected chi connectivity index (χ4v) is 2.94. The van der Waals surface area contributed by atoms with E-state index >= 15 is 0 Å². The van der Waals surface area contributed by atoms with E-state index in [9.17, 15) is 14.7 Å². The molecule has 0 heterocycles. The molecule has 5 nitrogen and oxygen atoms in total. The van der Waals surface area contributed by atoms with Crippen LogP contribution in [0.1, 0.15) is 18.0 Å². The van der Waals surface area contributed by atoms with E-state index < -0.39 is 17.9 Å². The fraction of sp³-hybridized carbons (Fsp3) is 0.143. The first-order valence-corrected chi connectivity index (χ1v) is 8.76. The number of benzene rings is 3. The van der Waals surface area contributed by atoms with Crippen molar-refractivity contribution in [1.82, 2.24) is 5.32 Å². The number of ether oxygens (including phenoxy) is 1. The normalized spacial score (nSPS) is 11.7. The smallest absolute Gasteiger partial charge is 0.258 e. The van der Waals surface area contributed by atoms with Gasteiger partial charge in [-0.2, -0.15) is 0 Å². The van der Waals surface area contributed by atoms with E-state index in [1.54, 1.807) is 30.3 Å². The van der Waals surface area contributed by atoms with E-state index in [0.29, 0.717) is 16.3 Å². The molecule has 0 saturated heterocycles. The van der Waals surface area contributed by atoms with Gasteiger partial charge in [-0.05, 0) is 29.1 Å². The first kappa shape index (κ1) is 18.7. The molecule has 0 aliphatic rings. The molecular weight excluding hydrogens is 366 g/mol. The molecule has 3 aromatic rings. The summed E-state index contributed by atoms with van der Waals surface area (Å²) in [4.78, 5) is 23.3. The topological polar surface area (TPSA) is 78.5 Å². The first-order chi connectivity index (χ1) is 13.0. The fourth-order valence-electron chi connectivity index (χ4n) is 2.81. The molecule has 1 unspecified atom stereocenters. The van der Waals surface area contributed by atoms with Crippen LogP contribution in [0.5, 0.6) is 5.75 Å². The third kappa shape index (κ3) is 4.99. The highest BCUT2D eigenvalue weighted by Gasteiger charge is 2.16. The Balaban J connectivity index is 1.68. The van der Waals surface area contributed by atoms with Crippen molar-refractivity contribution >= 4 is 34.2 Å². The second kappa shape index (κ2) is 8.56. The number of hydrogen-bond donors (Lipinski definition) is 1. The lowest BCUT2D eigenvalue weighted by molar-refractivity contribution is -0.306. The Labute approximate surface area is 161 Å². The molecule has 0 fully saturated rings. The van der Waals surface area contributed by atoms with Gasteiger partial charge in [0.15, 0.2) is 6.61 Å². The molecule has 0 saturated carbocycles. The van der Waals surface area contributed by atoms with Gasteiger partial charge < -0.3 is 20.0 Å². The van der Waals surface area contributed by atoms with Crippen LogP contribution in [0.2, 0.25) is 5.02 Å².